The van der Waals surface area contributed by atoms with Gasteiger partial charge >= 0.3 is 0 Å². The van der Waals surface area contributed by atoms with Crippen LogP contribution >= 0.6 is 11.8 Å². The summed E-state index contributed by atoms with van der Waals surface area (Å²) in [7, 11) is 13.1. The molecule has 2 aromatic carbocycles. The first-order valence-electron chi connectivity index (χ1n) is 11.5. The third kappa shape index (κ3) is 3.33. The summed E-state index contributed by atoms with van der Waals surface area (Å²) in [4.78, 5) is 28.3. The number of benzene rings is 2. The largest absolute Gasteiger partial charge is 0.502 e. The van der Waals surface area contributed by atoms with Gasteiger partial charge in [0.05, 0.1) is 21.7 Å². The van der Waals surface area contributed by atoms with E-state index < -0.39 is 27.6 Å². The molecule has 0 unspecified atom stereocenters. The first kappa shape index (κ1) is 22.3. The molecule has 2 atom stereocenters. The molecule has 4 radical (unpaired) electrons. The van der Waals surface area contributed by atoms with E-state index in [4.69, 9.17) is 15.7 Å². The smallest absolute Gasteiger partial charge is 0.278 e. The molecule has 1 N–H and O–H groups in total. The van der Waals surface area contributed by atoms with Crippen molar-refractivity contribution in [3.63, 3.8) is 0 Å². The van der Waals surface area contributed by atoms with Crippen LogP contribution in [0.4, 0.5) is 4.39 Å². The Balaban J connectivity index is 1.69. The average molecular weight is 483 g/mol. The van der Waals surface area contributed by atoms with E-state index in [1.165, 1.54) is 36.2 Å². The normalized spacial score (nSPS) is 22.5. The zero-order valence-electron chi connectivity index (χ0n) is 18.7. The summed E-state index contributed by atoms with van der Waals surface area (Å²) >= 11 is 1.24. The predicted molar refractivity (Wildman–Crippen MR) is 133 cm³/mol. The second kappa shape index (κ2) is 7.95. The molecule has 10 heteroatoms. The Bertz CT molecular complexity index is 1430. The maximum absolute atomic E-state index is 14.5. The predicted octanol–water partition coefficient (Wildman–Crippen LogP) is 2.94. The van der Waals surface area contributed by atoms with Crippen molar-refractivity contribution in [1.29, 1.82) is 0 Å². The summed E-state index contributed by atoms with van der Waals surface area (Å²) in [5.74, 6) is -1.43. The van der Waals surface area contributed by atoms with Gasteiger partial charge in [-0.1, -0.05) is 24.3 Å². The molecule has 1 fully saturated rings. The van der Waals surface area contributed by atoms with Crippen molar-refractivity contribution in [1.82, 2.24) is 9.58 Å². The molecule has 172 valence electrons. The fraction of sp³-hybridized carbons (Fsp3) is 0.280. The lowest BCUT2D eigenvalue weighted by atomic mass is 9.63. The number of piperidine rings is 1. The number of pyridine rings is 1. The monoisotopic (exact) mass is 483 g/mol. The summed E-state index contributed by atoms with van der Waals surface area (Å²) < 4.78 is 14.6. The number of thioether (sulfide) groups is 1. The quantitative estimate of drug-likeness (QED) is 0.540. The number of hydrogen-bond donors (Lipinski definition) is 1. The standard InChI is InChI=1S/C25H20B2FN3O3S/c26-25(27)17-13-14(28)8-9-15(17)21(16-5-1-2-6-19(16)35-25)31-20-7-3-4-11-29(20)24(34)22-23(33)18(32)10-12-30(22)31/h1-2,5-6,8-10,12-13,20-21,33H,3-4,7,11H2/t20-,21+/m1/s1. The highest BCUT2D eigenvalue weighted by molar-refractivity contribution is 8.02. The maximum Gasteiger partial charge on any atom is 0.278 e. The Morgan fingerprint density at radius 2 is 1.86 bits per heavy atom. The van der Waals surface area contributed by atoms with E-state index >= 15 is 0 Å². The summed E-state index contributed by atoms with van der Waals surface area (Å²) in [6, 6.07) is 12.8. The van der Waals surface area contributed by atoms with E-state index in [0.717, 1.165) is 23.3 Å². The van der Waals surface area contributed by atoms with Gasteiger partial charge in [-0.15, -0.1) is 11.8 Å². The molecule has 1 aromatic heterocycles. The second-order valence-corrected chi connectivity index (χ2v) is 10.5. The zero-order valence-corrected chi connectivity index (χ0v) is 19.5. The highest BCUT2D eigenvalue weighted by Crippen LogP contribution is 2.50. The summed E-state index contributed by atoms with van der Waals surface area (Å²) in [6.07, 6.45) is 3.58. The molecule has 0 spiro atoms. The van der Waals surface area contributed by atoms with Gasteiger partial charge in [0.15, 0.2) is 11.4 Å². The van der Waals surface area contributed by atoms with Crippen LogP contribution in [0.25, 0.3) is 0 Å². The van der Waals surface area contributed by atoms with Crippen LogP contribution in [-0.4, -0.2) is 49.0 Å². The number of halogens is 1. The third-order valence-electron chi connectivity index (χ3n) is 7.03. The van der Waals surface area contributed by atoms with E-state index in [1.54, 1.807) is 15.6 Å². The van der Waals surface area contributed by atoms with Gasteiger partial charge in [0, 0.05) is 23.7 Å². The minimum absolute atomic E-state index is 0.0829. The van der Waals surface area contributed by atoms with E-state index in [-0.39, 0.29) is 17.8 Å². The summed E-state index contributed by atoms with van der Waals surface area (Å²) in [5, 5.41) is 12.7. The average Bonchev–Trinajstić information content (AvgIpc) is 2.93. The third-order valence-corrected chi connectivity index (χ3v) is 8.18. The van der Waals surface area contributed by atoms with Gasteiger partial charge < -0.3 is 10.0 Å². The highest BCUT2D eigenvalue weighted by Gasteiger charge is 2.46. The molecule has 4 heterocycles. The van der Waals surface area contributed by atoms with Gasteiger partial charge in [0.2, 0.25) is 5.43 Å². The van der Waals surface area contributed by atoms with Crippen molar-refractivity contribution >= 4 is 33.4 Å². The molecule has 1 saturated heterocycles. The maximum atomic E-state index is 14.5. The molecule has 0 aliphatic carbocycles. The zero-order chi connectivity index (χ0) is 24.5. The number of amides is 1. The number of nitrogens with zero attached hydrogens (tertiary/aromatic N) is 3. The number of aromatic nitrogens is 1. The Morgan fingerprint density at radius 3 is 2.69 bits per heavy atom. The number of carbonyl (C=O) groups is 1. The van der Waals surface area contributed by atoms with Crippen LogP contribution in [-0.2, 0) is 4.55 Å². The molecule has 3 aliphatic rings. The Labute approximate surface area is 208 Å². The minimum Gasteiger partial charge on any atom is -0.502 e. The summed E-state index contributed by atoms with van der Waals surface area (Å²) in [6.45, 7) is 0.500. The van der Waals surface area contributed by atoms with Crippen molar-refractivity contribution in [2.45, 2.75) is 40.9 Å². The molecule has 6 rings (SSSR count). The number of hydrogen-bond acceptors (Lipinski definition) is 5. The number of carbonyl (C=O) groups excluding carboxylic acids is 1. The molecule has 35 heavy (non-hydrogen) atoms. The van der Waals surface area contributed by atoms with Gasteiger partial charge in [-0.3, -0.25) is 19.3 Å². The van der Waals surface area contributed by atoms with Crippen LogP contribution in [0.3, 0.4) is 0 Å². The van der Waals surface area contributed by atoms with Crippen molar-refractivity contribution in [3.05, 3.63) is 93.2 Å². The van der Waals surface area contributed by atoms with Crippen molar-refractivity contribution in [2.75, 3.05) is 11.6 Å². The fourth-order valence-corrected chi connectivity index (χ4v) is 6.60. The Kier molecular flexibility index (Phi) is 5.07. The molecule has 6 nitrogen and oxygen atoms in total. The SMILES string of the molecule is [B]C1([B])Sc2ccccc2[C@@H](N2[C@@H]3CCCCN3C(=O)c3c(O)c(=O)ccn32)c2ccc(F)cc21. The molecule has 1 amide bonds. The number of rotatable bonds is 1. The topological polar surface area (TPSA) is 65.8 Å². The highest BCUT2D eigenvalue weighted by atomic mass is 32.2. The molecule has 3 aromatic rings. The van der Waals surface area contributed by atoms with E-state index in [2.05, 4.69) is 0 Å². The first-order valence-corrected chi connectivity index (χ1v) is 12.3. The fourth-order valence-electron chi connectivity index (χ4n) is 5.50. The van der Waals surface area contributed by atoms with Gasteiger partial charge in [-0.25, -0.2) is 4.39 Å². The molecule has 0 saturated carbocycles. The van der Waals surface area contributed by atoms with Gasteiger partial charge in [-0.05, 0) is 58.7 Å². The van der Waals surface area contributed by atoms with Gasteiger partial charge in [0.25, 0.3) is 5.91 Å². The molecule has 3 aliphatic heterocycles. The molecular weight excluding hydrogens is 463 g/mol. The number of aromatic hydroxyl groups is 1. The van der Waals surface area contributed by atoms with Crippen LogP contribution in [0.15, 0.2) is 64.4 Å². The van der Waals surface area contributed by atoms with Crippen LogP contribution < -0.4 is 10.4 Å². The van der Waals surface area contributed by atoms with E-state index in [1.807, 2.05) is 29.3 Å². The second-order valence-electron chi connectivity index (χ2n) is 9.14. The van der Waals surface area contributed by atoms with Crippen LogP contribution in [0.5, 0.6) is 5.75 Å². The lowest BCUT2D eigenvalue weighted by molar-refractivity contribution is 0.0462. The minimum atomic E-state index is -1.41. The van der Waals surface area contributed by atoms with Gasteiger partial charge in [0.1, 0.15) is 12.0 Å². The molecular formula is C25H20B2FN3O3S. The van der Waals surface area contributed by atoms with Crippen molar-refractivity contribution in [2.24, 2.45) is 0 Å². The Morgan fingerprint density at radius 1 is 1.06 bits per heavy atom. The lowest BCUT2D eigenvalue weighted by Gasteiger charge is -2.52. The molecule has 0 bridgehead atoms. The van der Waals surface area contributed by atoms with Crippen LogP contribution in [0.2, 0.25) is 0 Å². The Hall–Kier alpha value is -3.13. The van der Waals surface area contributed by atoms with E-state index in [9.17, 15) is 19.1 Å². The van der Waals surface area contributed by atoms with E-state index in [0.29, 0.717) is 24.1 Å². The van der Waals surface area contributed by atoms with Crippen molar-refractivity contribution < 1.29 is 14.3 Å². The van der Waals surface area contributed by atoms with Gasteiger partial charge in [-0.2, -0.15) is 0 Å². The number of fused-ring (bicyclic) bond motifs is 4. The van der Waals surface area contributed by atoms with Crippen molar-refractivity contribution in [3.8, 4) is 5.75 Å². The van der Waals surface area contributed by atoms with Crippen LogP contribution in [0, 0.1) is 5.82 Å². The summed E-state index contributed by atoms with van der Waals surface area (Å²) in [5.41, 5.74) is 1.31. The first-order chi connectivity index (χ1) is 16.8. The van der Waals surface area contributed by atoms with Crippen LogP contribution in [0.1, 0.15) is 52.5 Å². The lowest BCUT2D eigenvalue weighted by Crippen LogP contribution is -2.63.